The Kier molecular flexibility index (Phi) is 5.75. The Bertz CT molecular complexity index is 1450. The molecule has 33 heavy (non-hydrogen) atoms. The van der Waals surface area contributed by atoms with Crippen molar-refractivity contribution in [1.82, 2.24) is 9.55 Å². The van der Waals surface area contributed by atoms with E-state index in [0.29, 0.717) is 32.5 Å². The lowest BCUT2D eigenvalue weighted by molar-refractivity contribution is -0.115. The SMILES string of the molecule is CC(Sc1nc2scc(C3CC3)c2c(=O)n1-c1ccccc1)C(=O)Nc1cccc(C#N)c1. The van der Waals surface area contributed by atoms with Crippen molar-refractivity contribution in [2.75, 3.05) is 5.32 Å². The number of benzene rings is 2. The zero-order valence-electron chi connectivity index (χ0n) is 17.8. The number of carbonyl (C=O) groups excluding carboxylic acids is 1. The molecule has 2 aromatic heterocycles. The number of carbonyl (C=O) groups is 1. The number of amides is 1. The number of aromatic nitrogens is 2. The van der Waals surface area contributed by atoms with E-state index in [4.69, 9.17) is 10.2 Å². The van der Waals surface area contributed by atoms with Gasteiger partial charge in [-0.05, 0) is 67.0 Å². The van der Waals surface area contributed by atoms with Gasteiger partial charge in [0.15, 0.2) is 5.16 Å². The first kappa shape index (κ1) is 21.4. The van der Waals surface area contributed by atoms with Crippen molar-refractivity contribution in [3.63, 3.8) is 0 Å². The zero-order valence-corrected chi connectivity index (χ0v) is 19.5. The molecule has 1 amide bonds. The van der Waals surface area contributed by atoms with E-state index in [9.17, 15) is 9.59 Å². The van der Waals surface area contributed by atoms with E-state index < -0.39 is 5.25 Å². The molecule has 1 aliphatic rings. The van der Waals surface area contributed by atoms with Gasteiger partial charge in [-0.1, -0.05) is 36.0 Å². The molecule has 2 aromatic carbocycles. The summed E-state index contributed by atoms with van der Waals surface area (Å²) in [5.41, 5.74) is 2.76. The Morgan fingerprint density at radius 1 is 1.24 bits per heavy atom. The summed E-state index contributed by atoms with van der Waals surface area (Å²) in [5, 5.41) is 14.7. The Hall–Kier alpha value is -3.41. The Morgan fingerprint density at radius 2 is 2.03 bits per heavy atom. The monoisotopic (exact) mass is 472 g/mol. The minimum atomic E-state index is -0.516. The van der Waals surface area contributed by atoms with Crippen LogP contribution in [0.2, 0.25) is 0 Å². The van der Waals surface area contributed by atoms with E-state index in [1.807, 2.05) is 30.3 Å². The molecule has 6 nitrogen and oxygen atoms in total. The van der Waals surface area contributed by atoms with Crippen molar-refractivity contribution in [3.05, 3.63) is 81.5 Å². The number of rotatable bonds is 6. The molecule has 4 aromatic rings. The fourth-order valence-corrected chi connectivity index (χ4v) is 5.68. The van der Waals surface area contributed by atoms with Crippen molar-refractivity contribution >= 4 is 44.9 Å². The van der Waals surface area contributed by atoms with Crippen LogP contribution in [0.3, 0.4) is 0 Å². The fourth-order valence-electron chi connectivity index (χ4n) is 3.69. The van der Waals surface area contributed by atoms with Crippen LogP contribution in [0, 0.1) is 11.3 Å². The molecule has 0 bridgehead atoms. The molecule has 0 saturated heterocycles. The molecule has 2 heterocycles. The lowest BCUT2D eigenvalue weighted by Gasteiger charge is -2.16. The predicted octanol–water partition coefficient (Wildman–Crippen LogP) is 5.32. The predicted molar refractivity (Wildman–Crippen MR) is 132 cm³/mol. The van der Waals surface area contributed by atoms with Crippen molar-refractivity contribution in [2.45, 2.75) is 36.1 Å². The number of thiophene rings is 1. The van der Waals surface area contributed by atoms with Crippen LogP contribution in [0.5, 0.6) is 0 Å². The van der Waals surface area contributed by atoms with Crippen LogP contribution in [0.15, 0.2) is 69.9 Å². The van der Waals surface area contributed by atoms with Crippen molar-refractivity contribution < 1.29 is 4.79 Å². The maximum Gasteiger partial charge on any atom is 0.267 e. The molecule has 1 fully saturated rings. The largest absolute Gasteiger partial charge is 0.325 e. The topological polar surface area (TPSA) is 87.8 Å². The summed E-state index contributed by atoms with van der Waals surface area (Å²) in [5.74, 6) is 0.221. The quantitative estimate of drug-likeness (QED) is 0.303. The van der Waals surface area contributed by atoms with Gasteiger partial charge in [-0.2, -0.15) is 5.26 Å². The summed E-state index contributed by atoms with van der Waals surface area (Å²) in [6.07, 6.45) is 2.22. The van der Waals surface area contributed by atoms with E-state index in [2.05, 4.69) is 16.8 Å². The molecule has 0 aliphatic heterocycles. The van der Waals surface area contributed by atoms with E-state index in [0.717, 1.165) is 24.1 Å². The maximum atomic E-state index is 13.7. The second-order valence-corrected chi connectivity index (χ2v) is 10.1. The standard InChI is InChI=1S/C25H20N4O2S2/c1-15(22(30)27-18-7-5-6-16(12-18)13-26)33-25-28-23-21(20(14-32-23)17-10-11-17)24(31)29(25)19-8-3-2-4-9-19/h2-9,12,14-15,17H,10-11H2,1H3,(H,27,30). The third-order valence-corrected chi connectivity index (χ3v) is 7.49. The highest BCUT2D eigenvalue weighted by Crippen LogP contribution is 2.44. The first-order chi connectivity index (χ1) is 16.0. The van der Waals surface area contributed by atoms with Crippen molar-refractivity contribution in [2.24, 2.45) is 0 Å². The lowest BCUT2D eigenvalue weighted by Crippen LogP contribution is -2.26. The van der Waals surface area contributed by atoms with Crippen LogP contribution in [0.1, 0.15) is 36.8 Å². The van der Waals surface area contributed by atoms with Gasteiger partial charge in [-0.25, -0.2) is 4.98 Å². The first-order valence-electron chi connectivity index (χ1n) is 10.6. The summed E-state index contributed by atoms with van der Waals surface area (Å²) < 4.78 is 1.62. The molecule has 5 rings (SSSR count). The van der Waals surface area contributed by atoms with Gasteiger partial charge in [0.1, 0.15) is 4.83 Å². The van der Waals surface area contributed by atoms with Gasteiger partial charge < -0.3 is 5.32 Å². The Morgan fingerprint density at radius 3 is 2.76 bits per heavy atom. The summed E-state index contributed by atoms with van der Waals surface area (Å²) in [6.45, 7) is 1.78. The summed E-state index contributed by atoms with van der Waals surface area (Å²) in [6, 6.07) is 18.3. The van der Waals surface area contributed by atoms with E-state index in [1.165, 1.54) is 23.1 Å². The van der Waals surface area contributed by atoms with Gasteiger partial charge in [0, 0.05) is 5.69 Å². The molecule has 1 aliphatic carbocycles. The molecule has 8 heteroatoms. The van der Waals surface area contributed by atoms with E-state index in [1.54, 1.807) is 35.8 Å². The third-order valence-electron chi connectivity index (χ3n) is 5.55. The number of para-hydroxylation sites is 1. The Labute approximate surface area is 198 Å². The summed E-state index contributed by atoms with van der Waals surface area (Å²) in [4.78, 5) is 32.1. The summed E-state index contributed by atoms with van der Waals surface area (Å²) >= 11 is 2.73. The first-order valence-corrected chi connectivity index (χ1v) is 12.4. The smallest absolute Gasteiger partial charge is 0.267 e. The highest BCUT2D eigenvalue weighted by atomic mass is 32.2. The van der Waals surface area contributed by atoms with Gasteiger partial charge in [0.25, 0.3) is 5.56 Å². The molecule has 1 saturated carbocycles. The van der Waals surface area contributed by atoms with Crippen LogP contribution in [0.4, 0.5) is 5.69 Å². The number of nitriles is 1. The van der Waals surface area contributed by atoms with Gasteiger partial charge in [-0.3, -0.25) is 14.2 Å². The van der Waals surface area contributed by atoms with Gasteiger partial charge in [0.05, 0.1) is 28.0 Å². The highest BCUT2D eigenvalue weighted by Gasteiger charge is 2.29. The van der Waals surface area contributed by atoms with Gasteiger partial charge in [-0.15, -0.1) is 11.3 Å². The van der Waals surface area contributed by atoms with Gasteiger partial charge >= 0.3 is 0 Å². The number of hydrogen-bond donors (Lipinski definition) is 1. The fraction of sp³-hybridized carbons (Fsp3) is 0.200. The number of nitrogens with one attached hydrogen (secondary N) is 1. The molecule has 0 spiro atoms. The lowest BCUT2D eigenvalue weighted by atomic mass is 10.1. The van der Waals surface area contributed by atoms with Crippen LogP contribution in [-0.2, 0) is 4.79 Å². The molecule has 164 valence electrons. The third kappa shape index (κ3) is 4.30. The average molecular weight is 473 g/mol. The van der Waals surface area contributed by atoms with E-state index >= 15 is 0 Å². The normalized spacial score (nSPS) is 14.1. The second-order valence-electron chi connectivity index (χ2n) is 7.96. The molecular weight excluding hydrogens is 452 g/mol. The van der Waals surface area contributed by atoms with Crippen molar-refractivity contribution in [3.8, 4) is 11.8 Å². The average Bonchev–Trinajstić information content (AvgIpc) is 3.59. The van der Waals surface area contributed by atoms with Crippen LogP contribution in [0.25, 0.3) is 15.9 Å². The number of nitrogens with zero attached hydrogens (tertiary/aromatic N) is 3. The Balaban J connectivity index is 1.51. The molecule has 0 radical (unpaired) electrons. The van der Waals surface area contributed by atoms with Crippen LogP contribution < -0.4 is 10.9 Å². The number of thioether (sulfide) groups is 1. The number of anilines is 1. The molecule has 1 atom stereocenters. The maximum absolute atomic E-state index is 13.7. The van der Waals surface area contributed by atoms with Crippen molar-refractivity contribution in [1.29, 1.82) is 5.26 Å². The van der Waals surface area contributed by atoms with Gasteiger partial charge in [0.2, 0.25) is 5.91 Å². The van der Waals surface area contributed by atoms with Crippen LogP contribution >= 0.6 is 23.1 Å². The highest BCUT2D eigenvalue weighted by molar-refractivity contribution is 8.00. The number of hydrogen-bond acceptors (Lipinski definition) is 6. The minimum absolute atomic E-state index is 0.0915. The van der Waals surface area contributed by atoms with E-state index in [-0.39, 0.29) is 11.5 Å². The minimum Gasteiger partial charge on any atom is -0.325 e. The molecule has 1 N–H and O–H groups in total. The second kappa shape index (κ2) is 8.85. The summed E-state index contributed by atoms with van der Waals surface area (Å²) in [7, 11) is 0. The molecular formula is C25H20N4O2S2. The molecule has 1 unspecified atom stereocenters. The van der Waals surface area contributed by atoms with Crippen LogP contribution in [-0.4, -0.2) is 20.7 Å². The number of fused-ring (bicyclic) bond motifs is 1. The zero-order chi connectivity index (χ0) is 22.9.